The van der Waals surface area contributed by atoms with Gasteiger partial charge in [0.05, 0.1) is 0 Å². The molecule has 0 saturated carbocycles. The average molecular weight is 159 g/mol. The van der Waals surface area contributed by atoms with Gasteiger partial charge in [0.1, 0.15) is 0 Å². The number of thioether (sulfide) groups is 1. The Morgan fingerprint density at radius 1 is 1.60 bits per heavy atom. The number of hydrogen-bond donors (Lipinski definition) is 1. The molecular weight excluding hydrogens is 142 g/mol. The van der Waals surface area contributed by atoms with Gasteiger partial charge in [0.2, 0.25) is 0 Å². The zero-order valence-corrected chi connectivity index (χ0v) is 7.87. The fourth-order valence-electron chi connectivity index (χ4n) is 0.519. The smallest absolute Gasteiger partial charge is 0.0219 e. The van der Waals surface area contributed by atoms with Gasteiger partial charge in [-0.1, -0.05) is 13.0 Å². The lowest BCUT2D eigenvalue weighted by molar-refractivity contribution is 0.632. The molecule has 0 heterocycles. The summed E-state index contributed by atoms with van der Waals surface area (Å²) in [4.78, 5) is 0. The van der Waals surface area contributed by atoms with E-state index < -0.39 is 0 Å². The van der Waals surface area contributed by atoms with Crippen molar-refractivity contribution in [1.29, 1.82) is 0 Å². The van der Waals surface area contributed by atoms with Crippen molar-refractivity contribution in [2.75, 3.05) is 12.8 Å². The van der Waals surface area contributed by atoms with E-state index in [9.17, 15) is 0 Å². The number of rotatable bonds is 5. The first-order valence-corrected chi connectivity index (χ1v) is 4.88. The van der Waals surface area contributed by atoms with Gasteiger partial charge in [0.25, 0.3) is 0 Å². The van der Waals surface area contributed by atoms with Gasteiger partial charge in [0.15, 0.2) is 0 Å². The second kappa shape index (κ2) is 5.81. The Labute approximate surface area is 68.3 Å². The van der Waals surface area contributed by atoms with Crippen LogP contribution in [0.25, 0.3) is 0 Å². The largest absolute Gasteiger partial charge is 0.310 e. The molecular formula is C8H17NS. The Morgan fingerprint density at radius 3 is 2.60 bits per heavy atom. The van der Waals surface area contributed by atoms with E-state index in [0.717, 1.165) is 6.54 Å². The summed E-state index contributed by atoms with van der Waals surface area (Å²) in [5, 5.41) is 4.04. The second-order valence-corrected chi connectivity index (χ2v) is 3.76. The van der Waals surface area contributed by atoms with Crippen molar-refractivity contribution in [3.8, 4) is 0 Å². The summed E-state index contributed by atoms with van der Waals surface area (Å²) >= 11 is 1.88. The van der Waals surface area contributed by atoms with E-state index in [0.29, 0.717) is 11.3 Å². The SMILES string of the molecule is C=CC(C)NCC(C)SC. The van der Waals surface area contributed by atoms with Gasteiger partial charge >= 0.3 is 0 Å². The molecule has 0 spiro atoms. The number of nitrogens with one attached hydrogen (secondary N) is 1. The normalized spacial score (nSPS) is 16.3. The standard InChI is InChI=1S/C8H17NS/c1-5-7(2)9-6-8(3)10-4/h5,7-9H,1,6H2,2-4H3. The van der Waals surface area contributed by atoms with E-state index in [2.05, 4.69) is 32.0 Å². The molecule has 60 valence electrons. The highest BCUT2D eigenvalue weighted by atomic mass is 32.2. The van der Waals surface area contributed by atoms with Crippen LogP contribution in [-0.2, 0) is 0 Å². The Hall–Kier alpha value is 0.0500. The molecule has 0 radical (unpaired) electrons. The lowest BCUT2D eigenvalue weighted by Crippen LogP contribution is -2.29. The lowest BCUT2D eigenvalue weighted by atomic mass is 10.3. The van der Waals surface area contributed by atoms with Gasteiger partial charge in [-0.15, -0.1) is 6.58 Å². The maximum atomic E-state index is 3.70. The quantitative estimate of drug-likeness (QED) is 0.615. The molecule has 0 aromatic rings. The molecule has 2 heteroatoms. The Bertz CT molecular complexity index is 93.3. The van der Waals surface area contributed by atoms with Crippen LogP contribution in [0.1, 0.15) is 13.8 Å². The van der Waals surface area contributed by atoms with Crippen LogP contribution in [0.5, 0.6) is 0 Å². The fourth-order valence-corrected chi connectivity index (χ4v) is 0.781. The number of hydrogen-bond acceptors (Lipinski definition) is 2. The first-order valence-electron chi connectivity index (χ1n) is 3.59. The molecule has 2 atom stereocenters. The van der Waals surface area contributed by atoms with Crippen molar-refractivity contribution in [2.45, 2.75) is 25.1 Å². The van der Waals surface area contributed by atoms with Crippen LogP contribution in [-0.4, -0.2) is 24.1 Å². The maximum Gasteiger partial charge on any atom is 0.0219 e. The van der Waals surface area contributed by atoms with E-state index in [-0.39, 0.29) is 0 Å². The summed E-state index contributed by atoms with van der Waals surface area (Å²) in [6.45, 7) is 9.09. The third-order valence-electron chi connectivity index (χ3n) is 1.48. The Morgan fingerprint density at radius 2 is 2.20 bits per heavy atom. The predicted octanol–water partition coefficient (Wildman–Crippen LogP) is 1.90. The summed E-state index contributed by atoms with van der Waals surface area (Å²) in [5.74, 6) is 0. The Kier molecular flexibility index (Phi) is 5.84. The molecule has 0 aromatic carbocycles. The molecule has 1 nitrogen and oxygen atoms in total. The molecule has 0 aliphatic carbocycles. The predicted molar refractivity (Wildman–Crippen MR) is 50.6 cm³/mol. The van der Waals surface area contributed by atoms with E-state index in [1.807, 2.05) is 17.8 Å². The molecule has 0 bridgehead atoms. The van der Waals surface area contributed by atoms with Crippen LogP contribution in [0.4, 0.5) is 0 Å². The van der Waals surface area contributed by atoms with Crippen molar-refractivity contribution >= 4 is 11.8 Å². The summed E-state index contributed by atoms with van der Waals surface area (Å²) in [5.41, 5.74) is 0. The summed E-state index contributed by atoms with van der Waals surface area (Å²) < 4.78 is 0. The third kappa shape index (κ3) is 4.89. The molecule has 10 heavy (non-hydrogen) atoms. The minimum atomic E-state index is 0.439. The van der Waals surface area contributed by atoms with Crippen LogP contribution in [0.15, 0.2) is 12.7 Å². The van der Waals surface area contributed by atoms with Crippen molar-refractivity contribution in [1.82, 2.24) is 5.32 Å². The van der Waals surface area contributed by atoms with Crippen molar-refractivity contribution in [3.05, 3.63) is 12.7 Å². The van der Waals surface area contributed by atoms with Gasteiger partial charge in [-0.3, -0.25) is 0 Å². The first kappa shape index (κ1) is 10.0. The van der Waals surface area contributed by atoms with Crippen molar-refractivity contribution in [2.24, 2.45) is 0 Å². The highest BCUT2D eigenvalue weighted by molar-refractivity contribution is 7.99. The Balaban J connectivity index is 3.25. The minimum absolute atomic E-state index is 0.439. The van der Waals surface area contributed by atoms with Crippen LogP contribution in [0.3, 0.4) is 0 Å². The second-order valence-electron chi connectivity index (χ2n) is 2.48. The molecule has 1 N–H and O–H groups in total. The fraction of sp³-hybridized carbons (Fsp3) is 0.750. The van der Waals surface area contributed by atoms with Gasteiger partial charge in [-0.2, -0.15) is 11.8 Å². The minimum Gasteiger partial charge on any atom is -0.310 e. The van der Waals surface area contributed by atoms with Gasteiger partial charge in [0, 0.05) is 17.8 Å². The molecule has 0 saturated heterocycles. The average Bonchev–Trinajstić information content (AvgIpc) is 1.99. The van der Waals surface area contributed by atoms with Gasteiger partial charge in [-0.05, 0) is 13.2 Å². The van der Waals surface area contributed by atoms with Gasteiger partial charge in [-0.25, -0.2) is 0 Å². The van der Waals surface area contributed by atoms with Crippen molar-refractivity contribution in [3.63, 3.8) is 0 Å². The van der Waals surface area contributed by atoms with Crippen LogP contribution in [0.2, 0.25) is 0 Å². The van der Waals surface area contributed by atoms with E-state index in [1.54, 1.807) is 0 Å². The molecule has 0 aliphatic heterocycles. The van der Waals surface area contributed by atoms with E-state index in [4.69, 9.17) is 0 Å². The maximum absolute atomic E-state index is 3.70. The zero-order chi connectivity index (χ0) is 7.98. The molecule has 2 unspecified atom stereocenters. The summed E-state index contributed by atoms with van der Waals surface area (Å²) in [6, 6.07) is 0.439. The third-order valence-corrected chi connectivity index (χ3v) is 2.45. The van der Waals surface area contributed by atoms with Crippen molar-refractivity contribution < 1.29 is 0 Å². The highest BCUT2D eigenvalue weighted by Crippen LogP contribution is 2.02. The molecule has 0 fully saturated rings. The van der Waals surface area contributed by atoms with Crippen LogP contribution < -0.4 is 5.32 Å². The lowest BCUT2D eigenvalue weighted by Gasteiger charge is -2.12. The van der Waals surface area contributed by atoms with E-state index in [1.165, 1.54) is 0 Å². The molecule has 0 aromatic heterocycles. The zero-order valence-electron chi connectivity index (χ0n) is 7.05. The van der Waals surface area contributed by atoms with Crippen LogP contribution >= 0.6 is 11.8 Å². The first-order chi connectivity index (χ1) is 4.70. The van der Waals surface area contributed by atoms with Gasteiger partial charge < -0.3 is 5.32 Å². The molecule has 0 aliphatic rings. The topological polar surface area (TPSA) is 12.0 Å². The molecule has 0 rings (SSSR count). The van der Waals surface area contributed by atoms with E-state index >= 15 is 0 Å². The molecule has 0 amide bonds. The highest BCUT2D eigenvalue weighted by Gasteiger charge is 1.99. The monoisotopic (exact) mass is 159 g/mol. The summed E-state index contributed by atoms with van der Waals surface area (Å²) in [6.07, 6.45) is 4.05. The van der Waals surface area contributed by atoms with Crippen LogP contribution in [0, 0.1) is 0 Å². The summed E-state index contributed by atoms with van der Waals surface area (Å²) in [7, 11) is 0.